The first-order chi connectivity index (χ1) is 21.3. The molecule has 1 saturated carbocycles. The molecule has 0 saturated heterocycles. The van der Waals surface area contributed by atoms with Crippen molar-refractivity contribution in [2.75, 3.05) is 24.3 Å². The van der Waals surface area contributed by atoms with E-state index in [0.29, 0.717) is 28.8 Å². The van der Waals surface area contributed by atoms with Crippen molar-refractivity contribution in [2.45, 2.75) is 78.3 Å². The molecule has 4 rings (SSSR count). The highest BCUT2D eigenvalue weighted by molar-refractivity contribution is 5.97. The van der Waals surface area contributed by atoms with Crippen molar-refractivity contribution in [3.8, 4) is 0 Å². The Morgan fingerprint density at radius 2 is 1.82 bits per heavy atom. The number of benzene rings is 3. The van der Waals surface area contributed by atoms with Gasteiger partial charge in [0.25, 0.3) is 0 Å². The number of carbonyl (C=O) groups excluding carboxylic acids is 3. The van der Waals surface area contributed by atoms with Gasteiger partial charge in [-0.3, -0.25) is 10.1 Å². The molecule has 0 aliphatic heterocycles. The van der Waals surface area contributed by atoms with E-state index in [0.717, 1.165) is 36.1 Å². The number of aldehydes is 1. The van der Waals surface area contributed by atoms with E-state index in [1.165, 1.54) is 7.11 Å². The van der Waals surface area contributed by atoms with E-state index in [-0.39, 0.29) is 23.6 Å². The summed E-state index contributed by atoms with van der Waals surface area (Å²) in [6.45, 7) is 13.0. The van der Waals surface area contributed by atoms with Gasteiger partial charge in [-0.2, -0.15) is 0 Å². The van der Waals surface area contributed by atoms with Gasteiger partial charge < -0.3 is 20.2 Å². The van der Waals surface area contributed by atoms with Gasteiger partial charge in [-0.15, -0.1) is 0 Å². The molecule has 3 N–H and O–H groups in total. The van der Waals surface area contributed by atoms with Gasteiger partial charge in [0.1, 0.15) is 12.1 Å². The number of nitrogens with one attached hydrogen (secondary N) is 3. The highest BCUT2D eigenvalue weighted by Gasteiger charge is 2.64. The number of anilines is 2. The lowest BCUT2D eigenvalue weighted by atomic mass is 9.79. The van der Waals surface area contributed by atoms with Gasteiger partial charge in [0.2, 0.25) is 5.91 Å². The summed E-state index contributed by atoms with van der Waals surface area (Å²) in [6, 6.07) is 16.8. The molecule has 0 heterocycles. The van der Waals surface area contributed by atoms with Crippen molar-refractivity contribution in [2.24, 2.45) is 11.3 Å². The molecule has 1 aliphatic rings. The average Bonchev–Trinajstić information content (AvgIpc) is 3.74. The van der Waals surface area contributed by atoms with Crippen LogP contribution in [0.4, 0.5) is 15.8 Å². The molecule has 240 valence electrons. The van der Waals surface area contributed by atoms with Crippen LogP contribution in [-0.4, -0.2) is 43.4 Å². The Hall–Kier alpha value is -4.04. The molecular weight excluding hydrogens is 569 g/mol. The monoisotopic (exact) mass is 615 g/mol. The van der Waals surface area contributed by atoms with Crippen LogP contribution in [0.25, 0.3) is 0 Å². The van der Waals surface area contributed by atoms with Crippen LogP contribution in [0.5, 0.6) is 0 Å². The zero-order chi connectivity index (χ0) is 32.9. The Labute approximate surface area is 266 Å². The number of methoxy groups -OCH3 is 1. The molecule has 1 aliphatic carbocycles. The van der Waals surface area contributed by atoms with Gasteiger partial charge >= 0.3 is 5.97 Å². The number of ether oxygens (including phenoxy) is 1. The Kier molecular flexibility index (Phi) is 10.5. The summed E-state index contributed by atoms with van der Waals surface area (Å²) in [6.07, 6.45) is 2.64. The average molecular weight is 616 g/mol. The van der Waals surface area contributed by atoms with Crippen LogP contribution in [0.15, 0.2) is 60.7 Å². The third-order valence-corrected chi connectivity index (χ3v) is 8.86. The molecule has 1 amide bonds. The quantitative estimate of drug-likeness (QED) is 0.142. The van der Waals surface area contributed by atoms with Crippen LogP contribution in [0.2, 0.25) is 0 Å². The molecule has 8 heteroatoms. The molecule has 7 nitrogen and oxygen atoms in total. The molecule has 4 atom stereocenters. The van der Waals surface area contributed by atoms with E-state index >= 15 is 4.39 Å². The predicted molar refractivity (Wildman–Crippen MR) is 177 cm³/mol. The number of amides is 1. The Morgan fingerprint density at radius 1 is 1.09 bits per heavy atom. The molecule has 1 fully saturated rings. The van der Waals surface area contributed by atoms with Crippen molar-refractivity contribution in [1.29, 1.82) is 0 Å². The van der Waals surface area contributed by atoms with Crippen LogP contribution >= 0.6 is 0 Å². The van der Waals surface area contributed by atoms with E-state index in [1.807, 2.05) is 19.1 Å². The minimum atomic E-state index is -0.893. The Balaban J connectivity index is 1.78. The fourth-order valence-electron chi connectivity index (χ4n) is 6.47. The summed E-state index contributed by atoms with van der Waals surface area (Å²) in [5.41, 5.74) is 3.51. The third kappa shape index (κ3) is 7.61. The van der Waals surface area contributed by atoms with Crippen LogP contribution in [-0.2, 0) is 20.7 Å². The fourth-order valence-corrected chi connectivity index (χ4v) is 6.47. The number of rotatable bonds is 13. The lowest BCUT2D eigenvalue weighted by Gasteiger charge is -2.35. The first kappa shape index (κ1) is 33.8. The minimum Gasteiger partial charge on any atom is -0.465 e. The van der Waals surface area contributed by atoms with Crippen molar-refractivity contribution >= 4 is 29.5 Å². The largest absolute Gasteiger partial charge is 0.465 e. The lowest BCUT2D eigenvalue weighted by molar-refractivity contribution is -0.119. The number of esters is 1. The minimum absolute atomic E-state index is 0.0563. The zero-order valence-electron chi connectivity index (χ0n) is 27.4. The van der Waals surface area contributed by atoms with Gasteiger partial charge in [0.05, 0.1) is 24.6 Å². The second-order valence-corrected chi connectivity index (χ2v) is 13.3. The van der Waals surface area contributed by atoms with Crippen molar-refractivity contribution in [1.82, 2.24) is 5.32 Å². The zero-order valence-corrected chi connectivity index (χ0v) is 27.4. The van der Waals surface area contributed by atoms with Crippen LogP contribution in [0.3, 0.4) is 0 Å². The summed E-state index contributed by atoms with van der Waals surface area (Å²) in [7, 11) is 1.30. The van der Waals surface area contributed by atoms with Crippen molar-refractivity contribution in [3.63, 3.8) is 0 Å². The van der Waals surface area contributed by atoms with E-state index in [2.05, 4.69) is 49.7 Å². The summed E-state index contributed by atoms with van der Waals surface area (Å²) in [5.74, 6) is -1.79. The maximum atomic E-state index is 15.4. The highest BCUT2D eigenvalue weighted by atomic mass is 19.1. The summed E-state index contributed by atoms with van der Waals surface area (Å²) in [5, 5.41) is 10.1. The molecule has 45 heavy (non-hydrogen) atoms. The molecule has 0 radical (unpaired) electrons. The second kappa shape index (κ2) is 13.9. The third-order valence-electron chi connectivity index (χ3n) is 8.86. The number of halogens is 1. The normalized spacial score (nSPS) is 18.9. The molecule has 0 aromatic heterocycles. The second-order valence-electron chi connectivity index (χ2n) is 13.3. The Morgan fingerprint density at radius 3 is 2.47 bits per heavy atom. The maximum absolute atomic E-state index is 15.4. The SMILES string of the molecule is CCCNc1cc(C)ccc1C(C=O)C1(N[C@H](Cc2cccc(C)c2F)C(=O)Nc2cccc(C(=O)OC)c2)C[C@@H]1C(C)(C)C. The van der Waals surface area contributed by atoms with Crippen molar-refractivity contribution < 1.29 is 23.5 Å². The van der Waals surface area contributed by atoms with Gasteiger partial charge in [-0.05, 0) is 91.0 Å². The number of aryl methyl sites for hydroxylation is 2. The lowest BCUT2D eigenvalue weighted by Crippen LogP contribution is -2.53. The first-order valence-electron chi connectivity index (χ1n) is 15.6. The van der Waals surface area contributed by atoms with Gasteiger partial charge in [0, 0.05) is 23.5 Å². The van der Waals surface area contributed by atoms with Crippen LogP contribution < -0.4 is 16.0 Å². The summed E-state index contributed by atoms with van der Waals surface area (Å²) < 4.78 is 20.2. The summed E-state index contributed by atoms with van der Waals surface area (Å²) >= 11 is 0. The topological polar surface area (TPSA) is 96.5 Å². The first-order valence-corrected chi connectivity index (χ1v) is 15.6. The van der Waals surface area contributed by atoms with Gasteiger partial charge in [-0.1, -0.05) is 64.1 Å². The standard InChI is InChI=1S/C37H46FN3O4/c1-8-17-39-30-18-23(2)15-16-28(30)29(22-42)37(21-32(37)36(4,5)6)41-31(20-25-12-9-11-24(3)33(25)38)34(43)40-27-14-10-13-26(19-27)35(44)45-7/h9-16,18-19,22,29,31-32,39,41H,8,17,20-21H2,1-7H3,(H,40,43)/t29?,31-,32-,37?/m1/s1. The van der Waals surface area contributed by atoms with Crippen molar-refractivity contribution in [3.05, 3.63) is 94.3 Å². The van der Waals surface area contributed by atoms with E-state index in [1.54, 1.807) is 49.4 Å². The number of carbonyl (C=O) groups is 3. The molecule has 0 spiro atoms. The van der Waals surface area contributed by atoms with E-state index in [4.69, 9.17) is 4.74 Å². The van der Waals surface area contributed by atoms with Gasteiger partial charge in [-0.25, -0.2) is 9.18 Å². The number of hydrogen-bond donors (Lipinski definition) is 3. The highest BCUT2D eigenvalue weighted by Crippen LogP contribution is 2.60. The fraction of sp³-hybridized carbons (Fsp3) is 0.432. The molecular formula is C37H46FN3O4. The smallest absolute Gasteiger partial charge is 0.337 e. The van der Waals surface area contributed by atoms with Crippen LogP contribution in [0, 0.1) is 31.0 Å². The number of hydrogen-bond acceptors (Lipinski definition) is 6. The molecule has 2 unspecified atom stereocenters. The van der Waals surface area contributed by atoms with Gasteiger partial charge in [0.15, 0.2) is 0 Å². The van der Waals surface area contributed by atoms with Crippen LogP contribution in [0.1, 0.15) is 79.1 Å². The summed E-state index contributed by atoms with van der Waals surface area (Å²) in [4.78, 5) is 39.4. The molecule has 3 aromatic carbocycles. The molecule has 0 bridgehead atoms. The van der Waals surface area contributed by atoms with E-state index < -0.39 is 29.4 Å². The predicted octanol–water partition coefficient (Wildman–Crippen LogP) is 6.98. The maximum Gasteiger partial charge on any atom is 0.337 e. The molecule has 3 aromatic rings. The van der Waals surface area contributed by atoms with E-state index in [9.17, 15) is 14.4 Å². The Bertz CT molecular complexity index is 1550.